The van der Waals surface area contributed by atoms with Crippen molar-refractivity contribution in [3.05, 3.63) is 53.6 Å². The highest BCUT2D eigenvalue weighted by Gasteiger charge is 2.08. The fourth-order valence-corrected chi connectivity index (χ4v) is 2.25. The molecule has 0 amide bonds. The first-order valence-corrected chi connectivity index (χ1v) is 7.56. The SMILES string of the molecule is CC(C)(C)NCCOc1ccc(-c2ccccc2)cc1Cl. The Bertz CT molecular complexity index is 576. The van der Waals surface area contributed by atoms with Gasteiger partial charge in [0, 0.05) is 12.1 Å². The molecule has 2 nitrogen and oxygen atoms in total. The summed E-state index contributed by atoms with van der Waals surface area (Å²) in [6, 6.07) is 16.1. The molecule has 112 valence electrons. The zero-order valence-electron chi connectivity index (χ0n) is 12.8. The molecule has 0 aliphatic rings. The van der Waals surface area contributed by atoms with Crippen LogP contribution < -0.4 is 10.1 Å². The van der Waals surface area contributed by atoms with Crippen LogP contribution in [0.5, 0.6) is 5.75 Å². The first kappa shape index (κ1) is 15.9. The monoisotopic (exact) mass is 303 g/mol. The van der Waals surface area contributed by atoms with Crippen molar-refractivity contribution >= 4 is 11.6 Å². The van der Waals surface area contributed by atoms with Crippen molar-refractivity contribution < 1.29 is 4.74 Å². The van der Waals surface area contributed by atoms with E-state index in [0.29, 0.717) is 11.6 Å². The molecule has 0 radical (unpaired) electrons. The lowest BCUT2D eigenvalue weighted by Crippen LogP contribution is -2.38. The van der Waals surface area contributed by atoms with Crippen LogP contribution in [0.15, 0.2) is 48.5 Å². The summed E-state index contributed by atoms with van der Waals surface area (Å²) in [5.41, 5.74) is 2.35. The van der Waals surface area contributed by atoms with Crippen LogP contribution in [0, 0.1) is 0 Å². The molecule has 1 N–H and O–H groups in total. The molecular formula is C18H22ClNO. The number of ether oxygens (including phenoxy) is 1. The fraction of sp³-hybridized carbons (Fsp3) is 0.333. The zero-order valence-corrected chi connectivity index (χ0v) is 13.6. The van der Waals surface area contributed by atoms with Gasteiger partial charge in [-0.15, -0.1) is 0 Å². The third-order valence-electron chi connectivity index (χ3n) is 3.05. The standard InChI is InChI=1S/C18H22ClNO/c1-18(2,3)20-11-12-21-17-10-9-15(13-16(17)19)14-7-5-4-6-8-14/h4-10,13,20H,11-12H2,1-3H3. The van der Waals surface area contributed by atoms with Crippen LogP contribution in [0.3, 0.4) is 0 Å². The molecule has 0 aromatic heterocycles. The van der Waals surface area contributed by atoms with E-state index in [1.165, 1.54) is 0 Å². The highest BCUT2D eigenvalue weighted by Crippen LogP contribution is 2.30. The predicted molar refractivity (Wildman–Crippen MR) is 90.1 cm³/mol. The first-order chi connectivity index (χ1) is 9.96. The second kappa shape index (κ2) is 6.97. The average Bonchev–Trinajstić information content (AvgIpc) is 2.45. The maximum Gasteiger partial charge on any atom is 0.137 e. The van der Waals surface area contributed by atoms with E-state index < -0.39 is 0 Å². The number of hydrogen-bond donors (Lipinski definition) is 1. The van der Waals surface area contributed by atoms with E-state index in [9.17, 15) is 0 Å². The minimum atomic E-state index is 0.102. The summed E-state index contributed by atoms with van der Waals surface area (Å²) in [7, 11) is 0. The molecule has 0 unspecified atom stereocenters. The zero-order chi connectivity index (χ0) is 15.3. The quantitative estimate of drug-likeness (QED) is 0.803. The van der Waals surface area contributed by atoms with Crippen LogP contribution in [0.4, 0.5) is 0 Å². The Hall–Kier alpha value is -1.51. The molecule has 0 heterocycles. The minimum absolute atomic E-state index is 0.102. The lowest BCUT2D eigenvalue weighted by atomic mass is 10.1. The lowest BCUT2D eigenvalue weighted by Gasteiger charge is -2.20. The van der Waals surface area contributed by atoms with Crippen molar-refractivity contribution in [1.82, 2.24) is 5.32 Å². The smallest absolute Gasteiger partial charge is 0.137 e. The van der Waals surface area contributed by atoms with E-state index >= 15 is 0 Å². The maximum absolute atomic E-state index is 6.30. The molecule has 0 aliphatic heterocycles. The second-order valence-electron chi connectivity index (χ2n) is 6.04. The molecular weight excluding hydrogens is 282 g/mol. The van der Waals surface area contributed by atoms with Gasteiger partial charge in [0.25, 0.3) is 0 Å². The second-order valence-corrected chi connectivity index (χ2v) is 6.44. The molecule has 0 fully saturated rings. The molecule has 0 saturated heterocycles. The third kappa shape index (κ3) is 5.07. The van der Waals surface area contributed by atoms with Crippen LogP contribution in [0.25, 0.3) is 11.1 Å². The Morgan fingerprint density at radius 1 is 1.00 bits per heavy atom. The van der Waals surface area contributed by atoms with Gasteiger partial charge < -0.3 is 10.1 Å². The van der Waals surface area contributed by atoms with Gasteiger partial charge in [-0.2, -0.15) is 0 Å². The van der Waals surface area contributed by atoms with E-state index in [1.807, 2.05) is 36.4 Å². The number of nitrogens with one attached hydrogen (secondary N) is 1. The normalized spacial score (nSPS) is 11.4. The Kier molecular flexibility index (Phi) is 5.27. The van der Waals surface area contributed by atoms with Gasteiger partial charge in [-0.05, 0) is 44.0 Å². The lowest BCUT2D eigenvalue weighted by molar-refractivity contribution is 0.291. The summed E-state index contributed by atoms with van der Waals surface area (Å²) >= 11 is 6.30. The van der Waals surface area contributed by atoms with Crippen molar-refractivity contribution in [2.75, 3.05) is 13.2 Å². The first-order valence-electron chi connectivity index (χ1n) is 7.18. The molecule has 2 rings (SSSR count). The van der Waals surface area contributed by atoms with Crippen molar-refractivity contribution in [3.63, 3.8) is 0 Å². The maximum atomic E-state index is 6.30. The molecule has 3 heteroatoms. The van der Waals surface area contributed by atoms with E-state index in [2.05, 4.69) is 38.2 Å². The highest BCUT2D eigenvalue weighted by atomic mass is 35.5. The average molecular weight is 304 g/mol. The highest BCUT2D eigenvalue weighted by molar-refractivity contribution is 6.32. The minimum Gasteiger partial charge on any atom is -0.491 e. The summed E-state index contributed by atoms with van der Waals surface area (Å²) in [6.07, 6.45) is 0. The van der Waals surface area contributed by atoms with E-state index in [4.69, 9.17) is 16.3 Å². The van der Waals surface area contributed by atoms with E-state index in [1.54, 1.807) is 0 Å². The van der Waals surface area contributed by atoms with Gasteiger partial charge in [0.1, 0.15) is 12.4 Å². The molecule has 0 atom stereocenters. The topological polar surface area (TPSA) is 21.3 Å². The molecule has 2 aromatic carbocycles. The van der Waals surface area contributed by atoms with Crippen molar-refractivity contribution in [2.24, 2.45) is 0 Å². The largest absolute Gasteiger partial charge is 0.491 e. The Morgan fingerprint density at radius 2 is 1.71 bits per heavy atom. The summed E-state index contributed by atoms with van der Waals surface area (Å²) in [5, 5.41) is 4.03. The molecule has 0 bridgehead atoms. The van der Waals surface area contributed by atoms with Crippen LogP contribution >= 0.6 is 11.6 Å². The fourth-order valence-electron chi connectivity index (χ4n) is 2.02. The Balaban J connectivity index is 1.97. The third-order valence-corrected chi connectivity index (χ3v) is 3.35. The summed E-state index contributed by atoms with van der Waals surface area (Å²) < 4.78 is 5.73. The summed E-state index contributed by atoms with van der Waals surface area (Å²) in [6.45, 7) is 7.79. The summed E-state index contributed by atoms with van der Waals surface area (Å²) in [4.78, 5) is 0. The van der Waals surface area contributed by atoms with Crippen molar-refractivity contribution in [3.8, 4) is 16.9 Å². The van der Waals surface area contributed by atoms with Gasteiger partial charge >= 0.3 is 0 Å². The van der Waals surface area contributed by atoms with Crippen LogP contribution in [0.1, 0.15) is 20.8 Å². The van der Waals surface area contributed by atoms with Crippen LogP contribution in [-0.2, 0) is 0 Å². The van der Waals surface area contributed by atoms with Crippen LogP contribution in [-0.4, -0.2) is 18.7 Å². The van der Waals surface area contributed by atoms with Gasteiger partial charge in [0.05, 0.1) is 5.02 Å². The van der Waals surface area contributed by atoms with Crippen molar-refractivity contribution in [1.29, 1.82) is 0 Å². The molecule has 0 saturated carbocycles. The number of halogens is 1. The molecule has 21 heavy (non-hydrogen) atoms. The van der Waals surface area contributed by atoms with Crippen LogP contribution in [0.2, 0.25) is 5.02 Å². The predicted octanol–water partition coefficient (Wildman–Crippen LogP) is 4.77. The van der Waals surface area contributed by atoms with E-state index in [-0.39, 0.29) is 5.54 Å². The van der Waals surface area contributed by atoms with Gasteiger partial charge in [-0.1, -0.05) is 48.0 Å². The van der Waals surface area contributed by atoms with E-state index in [0.717, 1.165) is 23.4 Å². The number of hydrogen-bond acceptors (Lipinski definition) is 2. The molecule has 0 aliphatic carbocycles. The number of benzene rings is 2. The Morgan fingerprint density at radius 3 is 2.33 bits per heavy atom. The van der Waals surface area contributed by atoms with Gasteiger partial charge in [0.2, 0.25) is 0 Å². The molecule has 2 aromatic rings. The van der Waals surface area contributed by atoms with Gasteiger partial charge in [-0.3, -0.25) is 0 Å². The summed E-state index contributed by atoms with van der Waals surface area (Å²) in [5.74, 6) is 0.729. The number of rotatable bonds is 5. The van der Waals surface area contributed by atoms with Gasteiger partial charge in [0.15, 0.2) is 0 Å². The van der Waals surface area contributed by atoms with Crippen molar-refractivity contribution in [2.45, 2.75) is 26.3 Å². The Labute approximate surface area is 132 Å². The molecule has 0 spiro atoms. The van der Waals surface area contributed by atoms with Gasteiger partial charge in [-0.25, -0.2) is 0 Å².